The molecule has 0 aliphatic heterocycles. The summed E-state index contributed by atoms with van der Waals surface area (Å²) in [7, 11) is 0. The smallest absolute Gasteiger partial charge is 0.119 e. The molecule has 0 aliphatic carbocycles. The van der Waals surface area contributed by atoms with Gasteiger partial charge in [0, 0.05) is 6.04 Å². The van der Waals surface area contributed by atoms with Crippen LogP contribution in [0.2, 0.25) is 0 Å². The fraction of sp³-hybridized carbons (Fsp3) is 0.571. The number of ether oxygens (including phenoxy) is 1. The molecular weight excluding hydrogens is 212 g/mol. The summed E-state index contributed by atoms with van der Waals surface area (Å²) in [5, 5.41) is 0. The molecule has 3 N–H and O–H groups in total. The van der Waals surface area contributed by atoms with E-state index >= 15 is 0 Å². The SMILES string of the molecule is CCCCCC(NN)c1cccc(OCC)c1. The molecule has 0 amide bonds. The number of hydrazine groups is 1. The van der Waals surface area contributed by atoms with Crippen LogP contribution in [0.4, 0.5) is 0 Å². The molecule has 0 spiro atoms. The zero-order chi connectivity index (χ0) is 12.5. The Hall–Kier alpha value is -1.06. The van der Waals surface area contributed by atoms with Crippen molar-refractivity contribution in [2.45, 2.75) is 45.6 Å². The minimum atomic E-state index is 0.224. The molecule has 3 heteroatoms. The van der Waals surface area contributed by atoms with Gasteiger partial charge in [0.2, 0.25) is 0 Å². The number of hydrogen-bond acceptors (Lipinski definition) is 3. The van der Waals surface area contributed by atoms with Crippen LogP contribution < -0.4 is 16.0 Å². The highest BCUT2D eigenvalue weighted by Gasteiger charge is 2.09. The summed E-state index contributed by atoms with van der Waals surface area (Å²) in [6, 6.07) is 8.39. The van der Waals surface area contributed by atoms with Gasteiger partial charge >= 0.3 is 0 Å². The highest BCUT2D eigenvalue weighted by Crippen LogP contribution is 2.23. The molecule has 0 aromatic heterocycles. The van der Waals surface area contributed by atoms with Gasteiger partial charge in [-0.15, -0.1) is 0 Å². The number of rotatable bonds is 8. The third kappa shape index (κ3) is 4.75. The highest BCUT2D eigenvalue weighted by molar-refractivity contribution is 5.30. The van der Waals surface area contributed by atoms with Gasteiger partial charge in [-0.05, 0) is 31.0 Å². The molecule has 1 aromatic carbocycles. The van der Waals surface area contributed by atoms with Crippen LogP contribution in [0.3, 0.4) is 0 Å². The van der Waals surface area contributed by atoms with E-state index in [9.17, 15) is 0 Å². The second-order valence-corrected chi connectivity index (χ2v) is 4.22. The van der Waals surface area contributed by atoms with E-state index in [1.54, 1.807) is 0 Å². The second-order valence-electron chi connectivity index (χ2n) is 4.22. The minimum Gasteiger partial charge on any atom is -0.494 e. The average Bonchev–Trinajstić information content (AvgIpc) is 2.35. The monoisotopic (exact) mass is 236 g/mol. The number of nitrogens with two attached hydrogens (primary N) is 1. The Bertz CT molecular complexity index is 315. The van der Waals surface area contributed by atoms with Crippen LogP contribution >= 0.6 is 0 Å². The van der Waals surface area contributed by atoms with Crippen LogP contribution in [0.15, 0.2) is 24.3 Å². The van der Waals surface area contributed by atoms with Crippen molar-refractivity contribution in [1.82, 2.24) is 5.43 Å². The van der Waals surface area contributed by atoms with E-state index < -0.39 is 0 Å². The normalized spacial score (nSPS) is 12.4. The Morgan fingerprint density at radius 3 is 2.76 bits per heavy atom. The Morgan fingerprint density at radius 2 is 2.12 bits per heavy atom. The van der Waals surface area contributed by atoms with Gasteiger partial charge in [0.1, 0.15) is 5.75 Å². The maximum Gasteiger partial charge on any atom is 0.119 e. The molecule has 0 radical (unpaired) electrons. The van der Waals surface area contributed by atoms with Gasteiger partial charge in [0.05, 0.1) is 6.61 Å². The van der Waals surface area contributed by atoms with Gasteiger partial charge in [0.25, 0.3) is 0 Å². The largest absolute Gasteiger partial charge is 0.494 e. The number of benzene rings is 1. The first-order valence-corrected chi connectivity index (χ1v) is 6.50. The lowest BCUT2D eigenvalue weighted by molar-refractivity contribution is 0.339. The van der Waals surface area contributed by atoms with Gasteiger partial charge in [-0.3, -0.25) is 11.3 Å². The summed E-state index contributed by atoms with van der Waals surface area (Å²) < 4.78 is 5.50. The van der Waals surface area contributed by atoms with E-state index in [0.29, 0.717) is 6.61 Å². The lowest BCUT2D eigenvalue weighted by Crippen LogP contribution is -2.28. The van der Waals surface area contributed by atoms with Crippen molar-refractivity contribution in [3.8, 4) is 5.75 Å². The third-order valence-electron chi connectivity index (χ3n) is 2.87. The van der Waals surface area contributed by atoms with Gasteiger partial charge in [-0.1, -0.05) is 38.3 Å². The molecule has 0 heterocycles. The van der Waals surface area contributed by atoms with Crippen LogP contribution in [0.5, 0.6) is 5.75 Å². The summed E-state index contributed by atoms with van der Waals surface area (Å²) in [6.45, 7) is 4.90. The molecule has 17 heavy (non-hydrogen) atoms. The van der Waals surface area contributed by atoms with Crippen molar-refractivity contribution in [1.29, 1.82) is 0 Å². The predicted molar refractivity (Wildman–Crippen MR) is 71.8 cm³/mol. The summed E-state index contributed by atoms with van der Waals surface area (Å²) >= 11 is 0. The average molecular weight is 236 g/mol. The van der Waals surface area contributed by atoms with Gasteiger partial charge in [0.15, 0.2) is 0 Å². The second kappa shape index (κ2) is 8.09. The molecular formula is C14H24N2O. The summed E-state index contributed by atoms with van der Waals surface area (Å²) in [5.41, 5.74) is 4.09. The van der Waals surface area contributed by atoms with E-state index in [4.69, 9.17) is 10.6 Å². The predicted octanol–water partition coefficient (Wildman–Crippen LogP) is 3.17. The van der Waals surface area contributed by atoms with Crippen LogP contribution in [0.1, 0.15) is 51.1 Å². The number of nitrogens with one attached hydrogen (secondary N) is 1. The molecule has 3 nitrogen and oxygen atoms in total. The zero-order valence-electron chi connectivity index (χ0n) is 10.9. The summed E-state index contributed by atoms with van der Waals surface area (Å²) in [5.74, 6) is 6.54. The molecule has 1 unspecified atom stereocenters. The molecule has 96 valence electrons. The first-order valence-electron chi connectivity index (χ1n) is 6.50. The first-order chi connectivity index (χ1) is 8.31. The van der Waals surface area contributed by atoms with Gasteiger partial charge < -0.3 is 4.74 Å². The molecule has 1 rings (SSSR count). The fourth-order valence-corrected chi connectivity index (χ4v) is 1.93. The zero-order valence-corrected chi connectivity index (χ0v) is 10.9. The standard InChI is InChI=1S/C14H24N2O/c1-3-5-6-10-14(16-15)12-8-7-9-13(11-12)17-4-2/h7-9,11,14,16H,3-6,10,15H2,1-2H3. The topological polar surface area (TPSA) is 47.3 Å². The third-order valence-corrected chi connectivity index (χ3v) is 2.87. The van der Waals surface area contributed by atoms with Crippen molar-refractivity contribution in [2.24, 2.45) is 5.84 Å². The van der Waals surface area contributed by atoms with E-state index in [-0.39, 0.29) is 6.04 Å². The quantitative estimate of drug-likeness (QED) is 0.414. The van der Waals surface area contributed by atoms with E-state index in [2.05, 4.69) is 24.5 Å². The van der Waals surface area contributed by atoms with Crippen molar-refractivity contribution in [3.05, 3.63) is 29.8 Å². The molecule has 0 bridgehead atoms. The maximum atomic E-state index is 5.62. The molecule has 0 aliphatic rings. The fourth-order valence-electron chi connectivity index (χ4n) is 1.93. The van der Waals surface area contributed by atoms with Gasteiger partial charge in [-0.25, -0.2) is 0 Å². The lowest BCUT2D eigenvalue weighted by Gasteiger charge is -2.17. The lowest BCUT2D eigenvalue weighted by atomic mass is 10.0. The summed E-state index contributed by atoms with van der Waals surface area (Å²) in [6.07, 6.45) is 4.75. The Morgan fingerprint density at radius 1 is 1.29 bits per heavy atom. The maximum absolute atomic E-state index is 5.62. The van der Waals surface area contributed by atoms with E-state index in [1.807, 2.05) is 19.1 Å². The molecule has 1 atom stereocenters. The van der Waals surface area contributed by atoms with Crippen molar-refractivity contribution < 1.29 is 4.74 Å². The van der Waals surface area contributed by atoms with Crippen LogP contribution in [-0.4, -0.2) is 6.61 Å². The minimum absolute atomic E-state index is 0.224. The Kier molecular flexibility index (Phi) is 6.67. The van der Waals surface area contributed by atoms with Crippen LogP contribution in [0.25, 0.3) is 0 Å². The number of hydrogen-bond donors (Lipinski definition) is 2. The molecule has 1 aromatic rings. The van der Waals surface area contributed by atoms with Crippen molar-refractivity contribution in [2.75, 3.05) is 6.61 Å². The molecule has 0 fully saturated rings. The van der Waals surface area contributed by atoms with E-state index in [1.165, 1.54) is 24.8 Å². The van der Waals surface area contributed by atoms with E-state index in [0.717, 1.165) is 12.2 Å². The molecule has 0 saturated carbocycles. The van der Waals surface area contributed by atoms with Gasteiger partial charge in [-0.2, -0.15) is 0 Å². The Balaban J connectivity index is 2.63. The Labute approximate surface area is 104 Å². The summed E-state index contributed by atoms with van der Waals surface area (Å²) in [4.78, 5) is 0. The van der Waals surface area contributed by atoms with Crippen molar-refractivity contribution in [3.63, 3.8) is 0 Å². The van der Waals surface area contributed by atoms with Crippen LogP contribution in [0, 0.1) is 0 Å². The van der Waals surface area contributed by atoms with Crippen LogP contribution in [-0.2, 0) is 0 Å². The number of unbranched alkanes of at least 4 members (excludes halogenated alkanes) is 2. The highest BCUT2D eigenvalue weighted by atomic mass is 16.5. The van der Waals surface area contributed by atoms with Crippen molar-refractivity contribution >= 4 is 0 Å². The molecule has 0 saturated heterocycles. The first kappa shape index (κ1) is 14.0.